The van der Waals surface area contributed by atoms with Gasteiger partial charge in [-0.15, -0.1) is 0 Å². The van der Waals surface area contributed by atoms with E-state index >= 15 is 0 Å². The van der Waals surface area contributed by atoms with Gasteiger partial charge in [-0.3, -0.25) is 43.8 Å². The molecular formula is C46H82N18O11. The van der Waals surface area contributed by atoms with Crippen LogP contribution in [0.1, 0.15) is 96.6 Å². The smallest absolute Gasteiger partial charge is 0.352 e. The number of unbranched alkanes of at least 4 members (excludes halogenated alkanes) is 2. The van der Waals surface area contributed by atoms with Crippen molar-refractivity contribution >= 4 is 59.2 Å². The SMILES string of the molecule is CC[C@H](C)[C@H](NC(=O)[C@@H](NC(=O)[C@@H](N)CCCCN)[C@@H](O)CN)C(=O)NCC(=O)N[C@H](CCCN)C(=O)N1CCC[C@H]1C(=O)N[C@@H](Cc1cnc[nH]1)C(=O)N[C@@H](CCCCN)C(=O)N/C(=C\CCNC(=N)N)C(=O)O. The first-order valence-electron chi connectivity index (χ1n) is 25.3. The third-order valence-corrected chi connectivity index (χ3v) is 12.4. The fourth-order valence-corrected chi connectivity index (χ4v) is 7.89. The summed E-state index contributed by atoms with van der Waals surface area (Å²) in [5, 5.41) is 47.9. The van der Waals surface area contributed by atoms with Gasteiger partial charge in [0.15, 0.2) is 5.96 Å². The van der Waals surface area contributed by atoms with Gasteiger partial charge in [0.1, 0.15) is 41.9 Å². The molecule has 8 amide bonds. The van der Waals surface area contributed by atoms with Gasteiger partial charge in [0.05, 0.1) is 25.0 Å². The van der Waals surface area contributed by atoms with E-state index < -0.39 is 126 Å². The Kier molecular flexibility index (Phi) is 29.7. The van der Waals surface area contributed by atoms with E-state index in [9.17, 15) is 53.4 Å². The Morgan fingerprint density at radius 2 is 1.47 bits per heavy atom. The standard InChI is InChI=1S/C46H82N18O11/c1-3-26(2)36(62-43(72)37(34(65)22-50)63-38(67)28(51)11-4-6-16-47)42(71)56-24-35(66)58-30(13-8-18-49)44(73)64-20-10-15-33(64)41(70)61-32(21-27-23-54-25-57-27)40(69)59-29(12-5-7-17-48)39(68)60-31(45(74)75)14-9-19-55-46(52)53/h14,23,25-26,28-30,32-34,36-37,65H,3-13,15-22,24,47-51H2,1-2H3,(H,54,57)(H,56,71)(H,58,66)(H,59,69)(H,60,68)(H,61,70)(H,62,72)(H,63,67)(H,74,75)(H4,52,53,55)/b31-14-/t26-,28-,29-,30+,32-,33-,34-,36-,37-/m0/s1. The maximum Gasteiger partial charge on any atom is 0.352 e. The van der Waals surface area contributed by atoms with Crippen molar-refractivity contribution in [3.05, 3.63) is 30.0 Å². The maximum absolute atomic E-state index is 14.3. The molecule has 0 bridgehead atoms. The fraction of sp³-hybridized carbons (Fsp3) is 0.674. The number of nitrogens with one attached hydrogen (secondary N) is 10. The van der Waals surface area contributed by atoms with Crippen molar-refractivity contribution in [2.24, 2.45) is 40.3 Å². The van der Waals surface area contributed by atoms with Crippen LogP contribution >= 0.6 is 0 Å². The average molecular weight is 1060 g/mol. The van der Waals surface area contributed by atoms with E-state index in [1.165, 1.54) is 23.5 Å². The molecule has 1 saturated heterocycles. The van der Waals surface area contributed by atoms with Crippen molar-refractivity contribution in [1.82, 2.24) is 57.4 Å². The van der Waals surface area contributed by atoms with Gasteiger partial charge < -0.3 is 97.0 Å². The van der Waals surface area contributed by atoms with E-state index in [0.717, 1.165) is 0 Å². The van der Waals surface area contributed by atoms with Crippen LogP contribution in [0.15, 0.2) is 24.3 Å². The van der Waals surface area contributed by atoms with Gasteiger partial charge in [-0.05, 0) is 89.8 Å². The van der Waals surface area contributed by atoms with Gasteiger partial charge >= 0.3 is 5.97 Å². The van der Waals surface area contributed by atoms with Crippen molar-refractivity contribution in [1.29, 1.82) is 5.41 Å². The first-order valence-corrected chi connectivity index (χ1v) is 25.3. The Balaban J connectivity index is 2.27. The number of aromatic amines is 1. The lowest BCUT2D eigenvalue weighted by molar-refractivity contribution is -0.142. The number of aliphatic hydroxyl groups is 1. The lowest BCUT2D eigenvalue weighted by Crippen LogP contribution is -2.62. The Bertz CT molecular complexity index is 2060. The molecule has 1 aliphatic heterocycles. The van der Waals surface area contributed by atoms with E-state index in [-0.39, 0.29) is 77.1 Å². The number of carboxylic acids is 1. The summed E-state index contributed by atoms with van der Waals surface area (Å²) in [6.45, 7) is 3.38. The van der Waals surface area contributed by atoms with Crippen molar-refractivity contribution in [2.75, 3.05) is 45.8 Å². The molecule has 29 heteroatoms. The number of likely N-dealkylation sites (tertiary alicyclic amines) is 1. The van der Waals surface area contributed by atoms with Crippen LogP contribution in [0.3, 0.4) is 0 Å². The normalized spacial score (nSPS) is 16.6. The maximum atomic E-state index is 14.3. The van der Waals surface area contributed by atoms with Crippen LogP contribution < -0.4 is 76.9 Å². The molecule has 422 valence electrons. The number of carbonyl (C=O) groups is 9. The van der Waals surface area contributed by atoms with E-state index in [1.54, 1.807) is 13.8 Å². The van der Waals surface area contributed by atoms with Crippen molar-refractivity contribution in [2.45, 2.75) is 146 Å². The summed E-state index contributed by atoms with van der Waals surface area (Å²) in [6.07, 6.45) is 5.97. The zero-order valence-corrected chi connectivity index (χ0v) is 43.0. The number of aliphatic hydroxyl groups excluding tert-OH is 1. The van der Waals surface area contributed by atoms with Crippen LogP contribution in [0.25, 0.3) is 0 Å². The lowest BCUT2D eigenvalue weighted by atomic mass is 9.97. The second-order valence-corrected chi connectivity index (χ2v) is 18.2. The van der Waals surface area contributed by atoms with Crippen molar-refractivity contribution in [3.63, 3.8) is 0 Å². The highest BCUT2D eigenvalue weighted by molar-refractivity contribution is 5.99. The summed E-state index contributed by atoms with van der Waals surface area (Å²) in [7, 11) is 0. The molecule has 0 unspecified atom stereocenters. The number of nitrogens with zero attached hydrogens (tertiary/aromatic N) is 2. The van der Waals surface area contributed by atoms with Crippen LogP contribution in [0, 0.1) is 11.3 Å². The van der Waals surface area contributed by atoms with E-state index in [2.05, 4.69) is 52.5 Å². The number of nitrogens with two attached hydrogens (primary N) is 6. The number of hydrogen-bond donors (Lipinski definition) is 18. The highest BCUT2D eigenvalue weighted by Crippen LogP contribution is 2.21. The Morgan fingerprint density at radius 1 is 0.813 bits per heavy atom. The molecule has 24 N–H and O–H groups in total. The Labute approximate surface area is 436 Å². The minimum absolute atomic E-state index is 0.0468. The number of aliphatic carboxylic acids is 1. The number of aromatic nitrogens is 2. The van der Waals surface area contributed by atoms with Crippen LogP contribution in [-0.2, 0) is 49.6 Å². The zero-order valence-electron chi connectivity index (χ0n) is 43.0. The summed E-state index contributed by atoms with van der Waals surface area (Å²) in [6, 6.07) is -8.80. The van der Waals surface area contributed by atoms with Crippen LogP contribution in [0.4, 0.5) is 0 Å². The highest BCUT2D eigenvalue weighted by Gasteiger charge is 2.40. The van der Waals surface area contributed by atoms with E-state index in [1.807, 2.05) is 0 Å². The summed E-state index contributed by atoms with van der Waals surface area (Å²) in [5.74, 6) is -8.55. The van der Waals surface area contributed by atoms with Crippen LogP contribution in [-0.4, -0.2) is 178 Å². The molecular weight excluding hydrogens is 981 g/mol. The van der Waals surface area contributed by atoms with E-state index in [0.29, 0.717) is 50.8 Å². The van der Waals surface area contributed by atoms with Gasteiger partial charge in [-0.25, -0.2) is 9.78 Å². The largest absolute Gasteiger partial charge is 0.477 e. The fourth-order valence-electron chi connectivity index (χ4n) is 7.89. The first-order chi connectivity index (χ1) is 35.7. The second kappa shape index (κ2) is 34.7. The number of carbonyl (C=O) groups excluding carboxylic acids is 8. The molecule has 1 aliphatic rings. The van der Waals surface area contributed by atoms with Crippen LogP contribution in [0.5, 0.6) is 0 Å². The molecule has 0 aromatic carbocycles. The number of carboxylic acid groups (broad SMARTS) is 1. The van der Waals surface area contributed by atoms with Crippen molar-refractivity contribution in [3.8, 4) is 0 Å². The summed E-state index contributed by atoms with van der Waals surface area (Å²) >= 11 is 0. The van der Waals surface area contributed by atoms with Gasteiger partial charge in [-0.2, -0.15) is 0 Å². The molecule has 0 radical (unpaired) electrons. The number of hydrogen-bond acceptors (Lipinski definition) is 17. The Hall–Kier alpha value is -6.79. The molecule has 0 aliphatic carbocycles. The predicted octanol–water partition coefficient (Wildman–Crippen LogP) is -5.87. The number of imidazole rings is 1. The number of H-pyrrole nitrogens is 1. The van der Waals surface area contributed by atoms with Gasteiger partial charge in [0, 0.05) is 37.9 Å². The minimum atomic E-state index is -1.57. The summed E-state index contributed by atoms with van der Waals surface area (Å²) in [5.41, 5.74) is 33.9. The van der Waals surface area contributed by atoms with E-state index in [4.69, 9.17) is 39.8 Å². The third kappa shape index (κ3) is 22.7. The van der Waals surface area contributed by atoms with Gasteiger partial charge in [0.2, 0.25) is 47.3 Å². The monoisotopic (exact) mass is 1060 g/mol. The molecule has 2 rings (SSSR count). The molecule has 1 aromatic heterocycles. The Morgan fingerprint density at radius 3 is 2.07 bits per heavy atom. The molecule has 1 aromatic rings. The molecule has 29 nitrogen and oxygen atoms in total. The zero-order chi connectivity index (χ0) is 56.0. The lowest BCUT2D eigenvalue weighted by Gasteiger charge is -2.30. The number of guanidine groups is 1. The van der Waals surface area contributed by atoms with Crippen LogP contribution in [0.2, 0.25) is 0 Å². The van der Waals surface area contributed by atoms with Gasteiger partial charge in [-0.1, -0.05) is 32.8 Å². The number of amides is 8. The molecule has 9 atom stereocenters. The summed E-state index contributed by atoms with van der Waals surface area (Å²) in [4.78, 5) is 130. The predicted molar refractivity (Wildman–Crippen MR) is 275 cm³/mol. The van der Waals surface area contributed by atoms with Crippen molar-refractivity contribution < 1.29 is 53.4 Å². The average Bonchev–Trinajstić information content (AvgIpc) is 4.10. The molecule has 2 heterocycles. The molecule has 1 fully saturated rings. The van der Waals surface area contributed by atoms with Gasteiger partial charge in [0.25, 0.3) is 0 Å². The third-order valence-electron chi connectivity index (χ3n) is 12.4. The summed E-state index contributed by atoms with van der Waals surface area (Å²) < 4.78 is 0. The molecule has 75 heavy (non-hydrogen) atoms. The highest BCUT2D eigenvalue weighted by atomic mass is 16.4. The molecule has 0 spiro atoms. The second-order valence-electron chi connectivity index (χ2n) is 18.2. The number of rotatable bonds is 36. The quantitative estimate of drug-likeness (QED) is 0.0129. The first kappa shape index (κ1) is 64.3. The topological polar surface area (TPSA) is 502 Å². The minimum Gasteiger partial charge on any atom is -0.477 e. The molecule has 0 saturated carbocycles.